The molecule has 3 aliphatic carbocycles. The van der Waals surface area contributed by atoms with E-state index >= 15 is 0 Å². The van der Waals surface area contributed by atoms with E-state index in [1.54, 1.807) is 20.2 Å². The van der Waals surface area contributed by atoms with Crippen molar-refractivity contribution in [2.24, 2.45) is 17.6 Å². The van der Waals surface area contributed by atoms with Gasteiger partial charge in [0.05, 0.1) is 6.04 Å². The number of amides is 1. The second kappa shape index (κ2) is 9.02. The number of carbonyl (C=O) groups is 3. The van der Waals surface area contributed by atoms with Crippen molar-refractivity contribution in [2.45, 2.75) is 37.3 Å². The number of benzene rings is 1. The number of nitrogens with two attached hydrogens (primary N) is 2. The summed E-state index contributed by atoms with van der Waals surface area (Å²) in [5.41, 5.74) is 10.7. The molecule has 0 radical (unpaired) electrons. The number of rotatable bonds is 6. The van der Waals surface area contributed by atoms with Crippen molar-refractivity contribution in [3.63, 3.8) is 0 Å². The minimum absolute atomic E-state index is 0.0550. The third-order valence-electron chi connectivity index (χ3n) is 7.81. The van der Waals surface area contributed by atoms with Gasteiger partial charge < -0.3 is 31.7 Å². The van der Waals surface area contributed by atoms with Crippen molar-refractivity contribution in [1.29, 1.82) is 0 Å². The molecule has 4 rings (SSSR count). The maximum absolute atomic E-state index is 13.8. The number of primary amides is 1. The van der Waals surface area contributed by atoms with Gasteiger partial charge in [0.1, 0.15) is 17.1 Å². The number of anilines is 1. The van der Waals surface area contributed by atoms with Gasteiger partial charge in [-0.15, -0.1) is 0 Å². The molecular formula is C26H34N4O6. The lowest BCUT2D eigenvalue weighted by molar-refractivity contribution is -0.153. The highest BCUT2D eigenvalue weighted by Gasteiger charge is 2.64. The van der Waals surface area contributed by atoms with Gasteiger partial charge in [-0.2, -0.15) is 0 Å². The third-order valence-corrected chi connectivity index (χ3v) is 7.81. The lowest BCUT2D eigenvalue weighted by Crippen LogP contribution is -2.65. The Labute approximate surface area is 209 Å². The normalized spacial score (nSPS) is 27.9. The fraction of sp³-hybridized carbons (Fsp3) is 0.500. The highest BCUT2D eigenvalue weighted by molar-refractivity contribution is 6.24. The number of hydrogen-bond acceptors (Lipinski definition) is 9. The van der Waals surface area contributed by atoms with Gasteiger partial charge in [-0.1, -0.05) is 6.07 Å². The van der Waals surface area contributed by atoms with E-state index in [2.05, 4.69) is 4.90 Å². The monoisotopic (exact) mass is 498 g/mol. The van der Waals surface area contributed by atoms with Crippen LogP contribution in [0.25, 0.3) is 5.76 Å². The van der Waals surface area contributed by atoms with Crippen LogP contribution in [0.5, 0.6) is 0 Å². The molecule has 0 saturated heterocycles. The van der Waals surface area contributed by atoms with Crippen molar-refractivity contribution in [3.8, 4) is 0 Å². The topological polar surface area (TPSA) is 170 Å². The van der Waals surface area contributed by atoms with Gasteiger partial charge in [-0.05, 0) is 83.5 Å². The second-order valence-electron chi connectivity index (χ2n) is 10.5. The second-order valence-corrected chi connectivity index (χ2v) is 10.5. The molecule has 1 aromatic rings. The summed E-state index contributed by atoms with van der Waals surface area (Å²) in [5, 5.41) is 33.9. The van der Waals surface area contributed by atoms with E-state index in [0.29, 0.717) is 17.7 Å². The third kappa shape index (κ3) is 3.71. The highest BCUT2D eigenvalue weighted by Crippen LogP contribution is 2.52. The van der Waals surface area contributed by atoms with E-state index < -0.39 is 52.3 Å². The van der Waals surface area contributed by atoms with Crippen LogP contribution in [0.1, 0.15) is 29.5 Å². The first-order valence-electron chi connectivity index (χ1n) is 12.0. The Morgan fingerprint density at radius 2 is 1.83 bits per heavy atom. The number of ketones is 2. The molecule has 194 valence electrons. The molecule has 1 fully saturated rings. The van der Waals surface area contributed by atoms with Gasteiger partial charge >= 0.3 is 0 Å². The smallest absolute Gasteiger partial charge is 0.255 e. The van der Waals surface area contributed by atoms with Gasteiger partial charge in [-0.3, -0.25) is 19.3 Å². The molecule has 1 aromatic carbocycles. The Morgan fingerprint density at radius 1 is 1.17 bits per heavy atom. The van der Waals surface area contributed by atoms with Crippen molar-refractivity contribution >= 4 is 28.9 Å². The van der Waals surface area contributed by atoms with Gasteiger partial charge in [-0.25, -0.2) is 0 Å². The first-order valence-corrected chi connectivity index (χ1v) is 12.0. The predicted octanol–water partition coefficient (Wildman–Crippen LogP) is 0.335. The molecule has 0 aliphatic heterocycles. The minimum atomic E-state index is -2.58. The highest BCUT2D eigenvalue weighted by atomic mass is 16.3. The summed E-state index contributed by atoms with van der Waals surface area (Å²) < 4.78 is 0. The van der Waals surface area contributed by atoms with Crippen molar-refractivity contribution in [1.82, 2.24) is 9.80 Å². The molecule has 1 amide bonds. The maximum atomic E-state index is 13.8. The number of fused-ring (bicyclic) bond motifs is 3. The van der Waals surface area contributed by atoms with Gasteiger partial charge in [0.15, 0.2) is 11.4 Å². The molecule has 3 aliphatic rings. The molecule has 10 heteroatoms. The molecule has 0 aromatic heterocycles. The number of aliphatic hydroxyl groups excluding tert-OH is 2. The van der Waals surface area contributed by atoms with E-state index in [4.69, 9.17) is 11.5 Å². The summed E-state index contributed by atoms with van der Waals surface area (Å²) in [6, 6.07) is 2.56. The zero-order valence-corrected chi connectivity index (χ0v) is 21.0. The Morgan fingerprint density at radius 3 is 2.42 bits per heavy atom. The van der Waals surface area contributed by atoms with Crippen LogP contribution in [0.3, 0.4) is 0 Å². The van der Waals surface area contributed by atoms with E-state index in [9.17, 15) is 29.7 Å². The van der Waals surface area contributed by atoms with Crippen LogP contribution in [-0.2, 0) is 27.2 Å². The molecule has 0 bridgehead atoms. The Kier molecular flexibility index (Phi) is 6.48. The molecule has 4 atom stereocenters. The fourth-order valence-corrected chi connectivity index (χ4v) is 6.17. The van der Waals surface area contributed by atoms with E-state index in [1.807, 2.05) is 20.2 Å². The predicted molar refractivity (Wildman–Crippen MR) is 134 cm³/mol. The van der Waals surface area contributed by atoms with E-state index in [-0.39, 0.29) is 17.8 Å². The average Bonchev–Trinajstić information content (AvgIpc) is 2.77. The number of aliphatic hydroxyl groups is 3. The minimum Gasteiger partial charge on any atom is -0.508 e. The Bertz CT molecular complexity index is 1220. The molecule has 7 N–H and O–H groups in total. The van der Waals surface area contributed by atoms with E-state index in [0.717, 1.165) is 30.5 Å². The van der Waals surface area contributed by atoms with Crippen LogP contribution in [0, 0.1) is 11.8 Å². The summed E-state index contributed by atoms with van der Waals surface area (Å²) in [7, 11) is 7.18. The number of aryl methyl sites for hydroxylation is 1. The fourth-order valence-electron chi connectivity index (χ4n) is 6.17. The molecule has 0 unspecified atom stereocenters. The number of hydrogen-bond donors (Lipinski definition) is 5. The van der Waals surface area contributed by atoms with Crippen LogP contribution in [0.15, 0.2) is 29.0 Å². The number of likely N-dealkylation sites (N-methyl/N-ethyl adjacent to an activating group) is 1. The summed E-state index contributed by atoms with van der Waals surface area (Å²) >= 11 is 0. The molecule has 36 heavy (non-hydrogen) atoms. The van der Waals surface area contributed by atoms with Crippen LogP contribution >= 0.6 is 0 Å². The largest absolute Gasteiger partial charge is 0.508 e. The van der Waals surface area contributed by atoms with Gasteiger partial charge in [0.25, 0.3) is 5.91 Å². The molecule has 0 heterocycles. The quantitative estimate of drug-likeness (QED) is 0.274. The number of nitrogen functional groups attached to an aromatic ring is 1. The maximum Gasteiger partial charge on any atom is 0.255 e. The first kappa shape index (κ1) is 25.9. The van der Waals surface area contributed by atoms with Crippen LogP contribution in [-0.4, -0.2) is 89.0 Å². The SMILES string of the molecule is CN(C)CCCc1ccc(N)c2c1C[C@H]1C[C@H]3[C@H](N(C)C)C(=O)C(C(N)=O)=C(O)[C@@]3(O)C(=O)C1=C2O. The first-order chi connectivity index (χ1) is 16.8. The van der Waals surface area contributed by atoms with Crippen LogP contribution < -0.4 is 11.5 Å². The van der Waals surface area contributed by atoms with Gasteiger partial charge in [0.2, 0.25) is 5.78 Å². The van der Waals surface area contributed by atoms with Crippen molar-refractivity contribution in [3.05, 3.63) is 45.7 Å². The number of Topliss-reactive ketones (excluding diaryl/α,β-unsaturated/α-hetero) is 2. The summed E-state index contributed by atoms with van der Waals surface area (Å²) in [6.07, 6.45) is 2.15. The lowest BCUT2D eigenvalue weighted by Gasteiger charge is -2.50. The molecule has 10 nitrogen and oxygen atoms in total. The van der Waals surface area contributed by atoms with Crippen LogP contribution in [0.4, 0.5) is 5.69 Å². The van der Waals surface area contributed by atoms with Crippen molar-refractivity contribution in [2.75, 3.05) is 40.5 Å². The summed E-state index contributed by atoms with van der Waals surface area (Å²) in [4.78, 5) is 42.6. The standard InChI is InChI=1S/C26H34N4O6/c1-29(2)9-5-6-12-7-8-16(27)18-14(12)10-13-11-15-20(30(3)4)22(32)19(25(28)35)24(34)26(15,36)23(33)17(13)21(18)31/h7-8,13,15,20,31,34,36H,5-6,9-11,27H2,1-4H3,(H2,28,35)/t13-,15-,20-,26-/m0/s1. The number of carbonyl (C=O) groups excluding carboxylic acids is 3. The zero-order valence-electron chi connectivity index (χ0n) is 21.0. The Hall–Kier alpha value is -3.21. The average molecular weight is 499 g/mol. The lowest BCUT2D eigenvalue weighted by atomic mass is 9.57. The van der Waals surface area contributed by atoms with E-state index in [1.165, 1.54) is 4.90 Å². The van der Waals surface area contributed by atoms with Crippen LogP contribution in [0.2, 0.25) is 0 Å². The van der Waals surface area contributed by atoms with Gasteiger partial charge in [0, 0.05) is 22.7 Å². The summed E-state index contributed by atoms with van der Waals surface area (Å²) in [5.74, 6) is -5.86. The molecule has 1 saturated carbocycles. The Balaban J connectivity index is 1.88. The number of nitrogens with zero attached hydrogens (tertiary/aromatic N) is 2. The molecule has 0 spiro atoms. The van der Waals surface area contributed by atoms with Crippen molar-refractivity contribution < 1.29 is 29.7 Å². The summed E-state index contributed by atoms with van der Waals surface area (Å²) in [6.45, 7) is 0.879. The zero-order chi connectivity index (χ0) is 26.7. The molecular weight excluding hydrogens is 464 g/mol.